The standard InChI is InChI=1S/C9H14F3N3O2S2/c1-6-7(18-8(13)15-6)19(16,17)14-5-3-2-4-9(10,11)12/h14H,2-5H2,1H3,(H2,13,15). The van der Waals surface area contributed by atoms with E-state index in [1.165, 1.54) is 6.92 Å². The van der Waals surface area contributed by atoms with Crippen LogP contribution in [-0.4, -0.2) is 26.1 Å². The second-order valence-corrected chi connectivity index (χ2v) is 6.89. The van der Waals surface area contributed by atoms with Gasteiger partial charge in [-0.25, -0.2) is 18.1 Å². The predicted octanol–water partition coefficient (Wildman–Crippen LogP) is 2.04. The van der Waals surface area contributed by atoms with Crippen molar-refractivity contribution in [3.63, 3.8) is 0 Å². The minimum absolute atomic E-state index is 0.000761. The smallest absolute Gasteiger partial charge is 0.375 e. The molecule has 110 valence electrons. The van der Waals surface area contributed by atoms with Gasteiger partial charge in [-0.05, 0) is 19.8 Å². The van der Waals surface area contributed by atoms with Gasteiger partial charge in [-0.15, -0.1) is 0 Å². The number of thiazole rings is 1. The average Bonchev–Trinajstić information content (AvgIpc) is 2.56. The Morgan fingerprint density at radius 3 is 2.47 bits per heavy atom. The molecule has 0 bridgehead atoms. The summed E-state index contributed by atoms with van der Waals surface area (Å²) in [5.41, 5.74) is 5.67. The zero-order chi connectivity index (χ0) is 14.7. The zero-order valence-electron chi connectivity index (χ0n) is 10.1. The lowest BCUT2D eigenvalue weighted by Crippen LogP contribution is -2.25. The highest BCUT2D eigenvalue weighted by atomic mass is 32.2. The van der Waals surface area contributed by atoms with Gasteiger partial charge in [-0.2, -0.15) is 13.2 Å². The fourth-order valence-electron chi connectivity index (χ4n) is 1.37. The molecule has 0 atom stereocenters. The number of halogens is 3. The number of hydrogen-bond acceptors (Lipinski definition) is 5. The van der Waals surface area contributed by atoms with E-state index in [2.05, 4.69) is 9.71 Å². The van der Waals surface area contributed by atoms with Gasteiger partial charge in [0.25, 0.3) is 10.0 Å². The molecule has 1 aromatic heterocycles. The lowest BCUT2D eigenvalue weighted by Gasteiger charge is -2.07. The molecular formula is C9H14F3N3O2S2. The number of anilines is 1. The van der Waals surface area contributed by atoms with Gasteiger partial charge >= 0.3 is 6.18 Å². The Hall–Kier alpha value is -0.870. The van der Waals surface area contributed by atoms with Crippen LogP contribution in [-0.2, 0) is 10.0 Å². The first-order valence-electron chi connectivity index (χ1n) is 5.41. The molecule has 0 amide bonds. The van der Waals surface area contributed by atoms with Crippen molar-refractivity contribution in [1.29, 1.82) is 0 Å². The third kappa shape index (κ3) is 5.33. The van der Waals surface area contributed by atoms with Crippen LogP contribution in [0.5, 0.6) is 0 Å². The minimum Gasteiger partial charge on any atom is -0.375 e. The van der Waals surface area contributed by atoms with E-state index in [0.29, 0.717) is 0 Å². The normalized spacial score (nSPS) is 12.8. The monoisotopic (exact) mass is 317 g/mol. The molecule has 0 unspecified atom stereocenters. The number of aromatic nitrogens is 1. The summed E-state index contributed by atoms with van der Waals surface area (Å²) in [6.45, 7) is 1.46. The number of aryl methyl sites for hydroxylation is 1. The van der Waals surface area contributed by atoms with Crippen LogP contribution < -0.4 is 10.5 Å². The van der Waals surface area contributed by atoms with Crippen molar-refractivity contribution >= 4 is 26.5 Å². The van der Waals surface area contributed by atoms with Crippen LogP contribution in [0, 0.1) is 6.92 Å². The quantitative estimate of drug-likeness (QED) is 0.786. The molecule has 19 heavy (non-hydrogen) atoms. The number of nitrogens with two attached hydrogens (primary N) is 1. The number of nitrogens with one attached hydrogen (secondary N) is 1. The molecule has 3 N–H and O–H groups in total. The van der Waals surface area contributed by atoms with Crippen LogP contribution in [0.4, 0.5) is 18.3 Å². The van der Waals surface area contributed by atoms with Crippen LogP contribution in [0.25, 0.3) is 0 Å². The van der Waals surface area contributed by atoms with Gasteiger partial charge in [0, 0.05) is 13.0 Å². The molecule has 5 nitrogen and oxygen atoms in total. The minimum atomic E-state index is -4.21. The van der Waals surface area contributed by atoms with E-state index in [1.54, 1.807) is 0 Å². The van der Waals surface area contributed by atoms with E-state index >= 15 is 0 Å². The molecule has 1 aromatic rings. The molecule has 0 spiro atoms. The van der Waals surface area contributed by atoms with E-state index in [9.17, 15) is 21.6 Å². The highest BCUT2D eigenvalue weighted by molar-refractivity contribution is 7.91. The first kappa shape index (κ1) is 16.2. The van der Waals surface area contributed by atoms with Gasteiger partial charge in [-0.1, -0.05) is 11.3 Å². The third-order valence-electron chi connectivity index (χ3n) is 2.19. The number of nitrogens with zero attached hydrogens (tertiary/aromatic N) is 1. The number of nitrogen functional groups attached to an aromatic ring is 1. The summed E-state index contributed by atoms with van der Waals surface area (Å²) in [5.74, 6) is 0. The van der Waals surface area contributed by atoms with Crippen molar-refractivity contribution in [3.8, 4) is 0 Å². The van der Waals surface area contributed by atoms with Gasteiger partial charge < -0.3 is 5.73 Å². The highest BCUT2D eigenvalue weighted by Crippen LogP contribution is 2.25. The molecule has 0 aliphatic heterocycles. The Bertz CT molecular complexity index is 525. The van der Waals surface area contributed by atoms with E-state index < -0.39 is 22.6 Å². The summed E-state index contributed by atoms with van der Waals surface area (Å²) in [6.07, 6.45) is -5.12. The van der Waals surface area contributed by atoms with Crippen molar-refractivity contribution in [2.75, 3.05) is 12.3 Å². The summed E-state index contributed by atoms with van der Waals surface area (Å²) in [6, 6.07) is 0. The molecular weight excluding hydrogens is 303 g/mol. The van der Waals surface area contributed by atoms with E-state index in [0.717, 1.165) is 11.3 Å². The SMILES string of the molecule is Cc1nc(N)sc1S(=O)(=O)NCCCCC(F)(F)F. The Balaban J connectivity index is 2.47. The molecule has 0 aromatic carbocycles. The average molecular weight is 317 g/mol. The summed E-state index contributed by atoms with van der Waals surface area (Å²) in [5, 5.41) is 0.134. The maximum Gasteiger partial charge on any atom is 0.389 e. The molecule has 0 saturated carbocycles. The lowest BCUT2D eigenvalue weighted by atomic mass is 10.2. The highest BCUT2D eigenvalue weighted by Gasteiger charge is 2.26. The summed E-state index contributed by atoms with van der Waals surface area (Å²) in [7, 11) is -3.74. The zero-order valence-corrected chi connectivity index (χ0v) is 11.8. The van der Waals surface area contributed by atoms with Crippen LogP contribution in [0.15, 0.2) is 4.21 Å². The van der Waals surface area contributed by atoms with Crippen LogP contribution >= 0.6 is 11.3 Å². The van der Waals surface area contributed by atoms with Gasteiger partial charge in [0.2, 0.25) is 0 Å². The molecule has 1 rings (SSSR count). The van der Waals surface area contributed by atoms with Gasteiger partial charge in [-0.3, -0.25) is 0 Å². The maximum atomic E-state index is 11.9. The second kappa shape index (κ2) is 6.06. The fraction of sp³-hybridized carbons (Fsp3) is 0.667. The second-order valence-electron chi connectivity index (χ2n) is 3.90. The van der Waals surface area contributed by atoms with Crippen LogP contribution in [0.1, 0.15) is 25.0 Å². The summed E-state index contributed by atoms with van der Waals surface area (Å²) in [4.78, 5) is 3.78. The Labute approximate surface area is 113 Å². The number of sulfonamides is 1. The van der Waals surface area contributed by atoms with E-state index in [4.69, 9.17) is 5.73 Å². The molecule has 1 heterocycles. The third-order valence-corrected chi connectivity index (χ3v) is 5.25. The van der Waals surface area contributed by atoms with E-state index in [1.807, 2.05) is 0 Å². The number of rotatable bonds is 6. The largest absolute Gasteiger partial charge is 0.389 e. The number of unbranched alkanes of at least 4 members (excludes halogenated alkanes) is 1. The Kier molecular flexibility index (Phi) is 5.16. The number of alkyl halides is 3. The van der Waals surface area contributed by atoms with Gasteiger partial charge in [0.05, 0.1) is 5.69 Å². The molecule has 10 heteroatoms. The van der Waals surface area contributed by atoms with Crippen molar-refractivity contribution in [2.24, 2.45) is 0 Å². The Morgan fingerprint density at radius 1 is 1.37 bits per heavy atom. The van der Waals surface area contributed by atoms with E-state index in [-0.39, 0.29) is 34.4 Å². The Morgan fingerprint density at radius 2 is 2.00 bits per heavy atom. The maximum absolute atomic E-state index is 11.9. The first-order valence-corrected chi connectivity index (χ1v) is 7.71. The molecule has 0 aliphatic rings. The number of hydrogen-bond donors (Lipinski definition) is 2. The fourth-order valence-corrected chi connectivity index (χ4v) is 3.79. The molecule has 0 radical (unpaired) electrons. The van der Waals surface area contributed by atoms with Gasteiger partial charge in [0.15, 0.2) is 9.34 Å². The first-order chi connectivity index (χ1) is 8.62. The van der Waals surface area contributed by atoms with Crippen LogP contribution in [0.2, 0.25) is 0 Å². The predicted molar refractivity (Wildman–Crippen MR) is 66.4 cm³/mol. The van der Waals surface area contributed by atoms with Crippen LogP contribution in [0.3, 0.4) is 0 Å². The molecule has 0 aliphatic carbocycles. The van der Waals surface area contributed by atoms with Crippen molar-refractivity contribution in [2.45, 2.75) is 36.6 Å². The lowest BCUT2D eigenvalue weighted by molar-refractivity contribution is -0.135. The molecule has 0 fully saturated rings. The summed E-state index contributed by atoms with van der Waals surface area (Å²) < 4.78 is 61.5. The topological polar surface area (TPSA) is 85.1 Å². The van der Waals surface area contributed by atoms with Crippen molar-refractivity contribution in [3.05, 3.63) is 5.69 Å². The molecule has 0 saturated heterocycles. The van der Waals surface area contributed by atoms with Gasteiger partial charge in [0.1, 0.15) is 0 Å². The summed E-state index contributed by atoms with van der Waals surface area (Å²) >= 11 is 0.826. The van der Waals surface area contributed by atoms with Crippen molar-refractivity contribution in [1.82, 2.24) is 9.71 Å². The van der Waals surface area contributed by atoms with Crippen molar-refractivity contribution < 1.29 is 21.6 Å².